The fraction of sp³-hybridized carbons (Fsp3) is 0.944. The van der Waals surface area contributed by atoms with Crippen LogP contribution in [0.4, 0.5) is 0 Å². The fourth-order valence-corrected chi connectivity index (χ4v) is 4.74. The van der Waals surface area contributed by atoms with E-state index in [1.54, 1.807) is 0 Å². The van der Waals surface area contributed by atoms with Crippen molar-refractivity contribution in [1.29, 1.82) is 0 Å². The summed E-state index contributed by atoms with van der Waals surface area (Å²) in [5.74, 6) is 1.09. The molecule has 0 spiro atoms. The van der Waals surface area contributed by atoms with Gasteiger partial charge in [0.2, 0.25) is 5.91 Å². The molecule has 3 aliphatic rings. The van der Waals surface area contributed by atoms with Gasteiger partial charge in [-0.25, -0.2) is 0 Å². The lowest BCUT2D eigenvalue weighted by molar-refractivity contribution is -0.126. The number of amides is 1. The third-order valence-corrected chi connectivity index (χ3v) is 6.29. The van der Waals surface area contributed by atoms with E-state index in [2.05, 4.69) is 24.5 Å². The van der Waals surface area contributed by atoms with Gasteiger partial charge >= 0.3 is 0 Å². The largest absolute Gasteiger partial charge is 0.351 e. The lowest BCUT2D eigenvalue weighted by atomic mass is 9.73. The highest BCUT2D eigenvalue weighted by Crippen LogP contribution is 2.36. The minimum atomic E-state index is 0.0575. The molecule has 0 aromatic heterocycles. The molecule has 0 radical (unpaired) electrons. The monoisotopic (exact) mass is 292 g/mol. The second kappa shape index (κ2) is 6.28. The summed E-state index contributed by atoms with van der Waals surface area (Å²) in [5, 5.41) is 7.03. The maximum atomic E-state index is 12.7. The molecule has 3 nitrogen and oxygen atoms in total. The molecule has 3 rings (SSSR count). The molecule has 2 aliphatic carbocycles. The Morgan fingerprint density at radius 1 is 1.00 bits per heavy atom. The van der Waals surface area contributed by atoms with Crippen molar-refractivity contribution in [2.45, 2.75) is 96.2 Å². The van der Waals surface area contributed by atoms with E-state index < -0.39 is 0 Å². The van der Waals surface area contributed by atoms with Crippen LogP contribution in [0.15, 0.2) is 0 Å². The average molecular weight is 292 g/mol. The van der Waals surface area contributed by atoms with E-state index in [1.165, 1.54) is 51.4 Å². The van der Waals surface area contributed by atoms with E-state index >= 15 is 0 Å². The van der Waals surface area contributed by atoms with Gasteiger partial charge < -0.3 is 10.6 Å². The Labute approximate surface area is 129 Å². The zero-order valence-electron chi connectivity index (χ0n) is 13.8. The van der Waals surface area contributed by atoms with Gasteiger partial charge in [0.1, 0.15) is 0 Å². The molecule has 2 N–H and O–H groups in total. The van der Waals surface area contributed by atoms with Gasteiger partial charge in [-0.15, -0.1) is 0 Å². The average Bonchev–Trinajstić information content (AvgIpc) is 2.48. The number of carbonyl (C=O) groups excluding carboxylic acids is 1. The van der Waals surface area contributed by atoms with Gasteiger partial charge in [-0.05, 0) is 49.9 Å². The Morgan fingerprint density at radius 2 is 1.76 bits per heavy atom. The maximum absolute atomic E-state index is 12.7. The van der Waals surface area contributed by atoms with Crippen molar-refractivity contribution in [2.24, 2.45) is 11.3 Å². The summed E-state index contributed by atoms with van der Waals surface area (Å²) >= 11 is 0. The van der Waals surface area contributed by atoms with Gasteiger partial charge in [0, 0.05) is 12.1 Å². The minimum absolute atomic E-state index is 0.0575. The molecule has 0 aromatic rings. The second-order valence-electron chi connectivity index (χ2n) is 8.24. The highest BCUT2D eigenvalue weighted by molar-refractivity contribution is 5.82. The molecule has 21 heavy (non-hydrogen) atoms. The van der Waals surface area contributed by atoms with Gasteiger partial charge in [0.25, 0.3) is 0 Å². The van der Waals surface area contributed by atoms with E-state index in [1.807, 2.05) is 0 Å². The Kier molecular flexibility index (Phi) is 4.58. The van der Waals surface area contributed by atoms with E-state index in [0.717, 1.165) is 18.8 Å². The van der Waals surface area contributed by atoms with Crippen molar-refractivity contribution >= 4 is 5.91 Å². The maximum Gasteiger partial charge on any atom is 0.237 e. The van der Waals surface area contributed by atoms with Gasteiger partial charge in [-0.1, -0.05) is 39.5 Å². The van der Waals surface area contributed by atoms with E-state index in [-0.39, 0.29) is 17.4 Å². The van der Waals surface area contributed by atoms with Crippen molar-refractivity contribution in [1.82, 2.24) is 10.6 Å². The number of piperidine rings is 1. The van der Waals surface area contributed by atoms with Gasteiger partial charge in [0.05, 0.1) is 6.04 Å². The summed E-state index contributed by atoms with van der Waals surface area (Å²) in [6.45, 7) is 4.62. The second-order valence-corrected chi connectivity index (χ2v) is 8.24. The third kappa shape index (κ3) is 3.44. The first kappa shape index (κ1) is 15.3. The quantitative estimate of drug-likeness (QED) is 0.819. The SMILES string of the molecule is CC1(C)CCCCC1NC(=O)C1CCC2CCCCC2N1. The van der Waals surface area contributed by atoms with E-state index in [9.17, 15) is 4.79 Å². The van der Waals surface area contributed by atoms with Crippen LogP contribution in [0.2, 0.25) is 0 Å². The first-order chi connectivity index (χ1) is 10.1. The number of hydrogen-bond donors (Lipinski definition) is 2. The van der Waals surface area contributed by atoms with Crippen molar-refractivity contribution < 1.29 is 4.79 Å². The molecular weight excluding hydrogens is 260 g/mol. The first-order valence-corrected chi connectivity index (χ1v) is 9.13. The van der Waals surface area contributed by atoms with Crippen LogP contribution in [-0.4, -0.2) is 24.0 Å². The molecule has 4 unspecified atom stereocenters. The van der Waals surface area contributed by atoms with Crippen molar-refractivity contribution in [3.63, 3.8) is 0 Å². The summed E-state index contributed by atoms with van der Waals surface area (Å²) in [7, 11) is 0. The molecule has 4 atom stereocenters. The zero-order valence-corrected chi connectivity index (χ0v) is 13.8. The van der Waals surface area contributed by atoms with Gasteiger partial charge in [-0.3, -0.25) is 4.79 Å². The first-order valence-electron chi connectivity index (χ1n) is 9.13. The van der Waals surface area contributed by atoms with E-state index in [4.69, 9.17) is 0 Å². The summed E-state index contributed by atoms with van der Waals surface area (Å²) < 4.78 is 0. The van der Waals surface area contributed by atoms with Gasteiger partial charge in [-0.2, -0.15) is 0 Å². The lowest BCUT2D eigenvalue weighted by Crippen LogP contribution is -2.58. The Morgan fingerprint density at radius 3 is 2.57 bits per heavy atom. The van der Waals surface area contributed by atoms with Crippen LogP contribution >= 0.6 is 0 Å². The molecule has 120 valence electrons. The Balaban J connectivity index is 1.55. The smallest absolute Gasteiger partial charge is 0.237 e. The fourth-order valence-electron chi connectivity index (χ4n) is 4.74. The van der Waals surface area contributed by atoms with Crippen LogP contribution in [-0.2, 0) is 4.79 Å². The van der Waals surface area contributed by atoms with Crippen LogP contribution in [0.25, 0.3) is 0 Å². The Hall–Kier alpha value is -0.570. The summed E-state index contributed by atoms with van der Waals surface area (Å²) in [4.78, 5) is 12.7. The number of hydrogen-bond acceptors (Lipinski definition) is 2. The normalized spacial score (nSPS) is 39.3. The summed E-state index contributed by atoms with van der Waals surface area (Å²) in [6.07, 6.45) is 12.6. The zero-order chi connectivity index (χ0) is 14.9. The lowest BCUT2D eigenvalue weighted by Gasteiger charge is -2.42. The summed E-state index contributed by atoms with van der Waals surface area (Å²) in [5.41, 5.74) is 0.260. The summed E-state index contributed by atoms with van der Waals surface area (Å²) in [6, 6.07) is 1.02. The van der Waals surface area contributed by atoms with Crippen LogP contribution in [0, 0.1) is 11.3 Å². The molecule has 1 aliphatic heterocycles. The van der Waals surface area contributed by atoms with Crippen LogP contribution in [0.3, 0.4) is 0 Å². The highest BCUT2D eigenvalue weighted by atomic mass is 16.2. The molecule has 2 saturated carbocycles. The molecule has 1 amide bonds. The molecule has 3 fully saturated rings. The van der Waals surface area contributed by atoms with Crippen LogP contribution in [0.5, 0.6) is 0 Å². The molecular formula is C18H32N2O. The Bertz CT molecular complexity index is 379. The molecule has 0 bridgehead atoms. The van der Waals surface area contributed by atoms with Crippen molar-refractivity contribution in [2.75, 3.05) is 0 Å². The molecule has 1 saturated heterocycles. The molecule has 1 heterocycles. The number of rotatable bonds is 2. The number of fused-ring (bicyclic) bond motifs is 1. The predicted molar refractivity (Wildman–Crippen MR) is 86.1 cm³/mol. The van der Waals surface area contributed by atoms with Crippen LogP contribution in [0.1, 0.15) is 78.1 Å². The standard InChI is InChI=1S/C18H32N2O/c1-18(2)12-6-5-9-16(18)20-17(21)15-11-10-13-7-3-4-8-14(13)19-15/h13-16,19H,3-12H2,1-2H3,(H,20,21). The van der Waals surface area contributed by atoms with Gasteiger partial charge in [0.15, 0.2) is 0 Å². The predicted octanol–water partition coefficient (Wildman–Crippen LogP) is 3.38. The number of nitrogens with one attached hydrogen (secondary N) is 2. The van der Waals surface area contributed by atoms with Crippen LogP contribution < -0.4 is 10.6 Å². The molecule has 0 aromatic carbocycles. The highest BCUT2D eigenvalue weighted by Gasteiger charge is 2.37. The van der Waals surface area contributed by atoms with Crippen molar-refractivity contribution in [3.8, 4) is 0 Å². The van der Waals surface area contributed by atoms with Crippen molar-refractivity contribution in [3.05, 3.63) is 0 Å². The number of carbonyl (C=O) groups is 1. The third-order valence-electron chi connectivity index (χ3n) is 6.29. The molecule has 3 heteroatoms. The minimum Gasteiger partial charge on any atom is -0.351 e. The topological polar surface area (TPSA) is 41.1 Å². The van der Waals surface area contributed by atoms with E-state index in [0.29, 0.717) is 12.1 Å².